The number of hydrogen-bond acceptors (Lipinski definition) is 5. The van der Waals surface area contributed by atoms with Gasteiger partial charge in [-0.2, -0.15) is 0 Å². The first-order valence-electron chi connectivity index (χ1n) is 10.7. The zero-order chi connectivity index (χ0) is 22.7. The average molecular weight is 451 g/mol. The van der Waals surface area contributed by atoms with Crippen molar-refractivity contribution in [2.24, 2.45) is 0 Å². The van der Waals surface area contributed by atoms with Crippen LogP contribution in [0.4, 0.5) is 8.78 Å². The Morgan fingerprint density at radius 2 is 1.64 bits per heavy atom. The number of para-hydroxylation sites is 2. The predicted molar refractivity (Wildman–Crippen MR) is 116 cm³/mol. The Kier molecular flexibility index (Phi) is 4.31. The third kappa shape index (κ3) is 3.11. The first-order valence-corrected chi connectivity index (χ1v) is 10.7. The monoisotopic (exact) mass is 451 g/mol. The van der Waals surface area contributed by atoms with Crippen LogP contribution >= 0.6 is 0 Å². The van der Waals surface area contributed by atoms with Crippen LogP contribution in [-0.4, -0.2) is 35.8 Å². The van der Waals surface area contributed by atoms with Crippen molar-refractivity contribution in [2.45, 2.75) is 25.2 Å². The van der Waals surface area contributed by atoms with Gasteiger partial charge in [-0.05, 0) is 38.1 Å². The summed E-state index contributed by atoms with van der Waals surface area (Å²) in [6.45, 7) is 1.78. The maximum Gasteiger partial charge on any atom is 0.586 e. The molecule has 0 radical (unpaired) electrons. The number of benzene rings is 2. The molecular formula is C24H19F2N3O4. The minimum Gasteiger partial charge on any atom is -0.395 e. The summed E-state index contributed by atoms with van der Waals surface area (Å²) in [7, 11) is 0. The molecule has 3 aliphatic heterocycles. The topological polar surface area (TPSA) is 81.6 Å². The van der Waals surface area contributed by atoms with Crippen molar-refractivity contribution in [3.63, 3.8) is 0 Å². The van der Waals surface area contributed by atoms with E-state index in [0.29, 0.717) is 5.56 Å². The Balaban J connectivity index is 1.58. The summed E-state index contributed by atoms with van der Waals surface area (Å²) in [5, 5.41) is 6.48. The molecule has 3 aliphatic rings. The van der Waals surface area contributed by atoms with Gasteiger partial charge in [0.2, 0.25) is 0 Å². The molecule has 2 amide bonds. The highest BCUT2D eigenvalue weighted by Crippen LogP contribution is 2.48. The van der Waals surface area contributed by atoms with Crippen molar-refractivity contribution >= 4 is 33.9 Å². The fraction of sp³-hybridized carbons (Fsp3) is 0.250. The average Bonchev–Trinajstić information content (AvgIpc) is 3.43. The van der Waals surface area contributed by atoms with E-state index in [9.17, 15) is 18.4 Å². The molecule has 0 atom stereocenters. The van der Waals surface area contributed by atoms with Gasteiger partial charge in [-0.3, -0.25) is 14.9 Å². The lowest BCUT2D eigenvalue weighted by atomic mass is 9.95. The Labute approximate surface area is 187 Å². The van der Waals surface area contributed by atoms with Gasteiger partial charge in [-0.15, -0.1) is 8.78 Å². The number of amides is 2. The highest BCUT2D eigenvalue weighted by atomic mass is 19.3. The second kappa shape index (κ2) is 7.14. The number of hydrogen-bond donors (Lipinski definition) is 2. The van der Waals surface area contributed by atoms with Gasteiger partial charge >= 0.3 is 6.29 Å². The number of nitrogens with one attached hydrogen (secondary N) is 2. The smallest absolute Gasteiger partial charge is 0.395 e. The van der Waals surface area contributed by atoms with Gasteiger partial charge < -0.3 is 19.4 Å². The number of halogens is 2. The molecule has 9 heteroatoms. The number of ether oxygens (including phenoxy) is 2. The summed E-state index contributed by atoms with van der Waals surface area (Å²) in [4.78, 5) is 25.9. The molecule has 2 N–H and O–H groups in total. The van der Waals surface area contributed by atoms with Gasteiger partial charge in [0.1, 0.15) is 0 Å². The molecule has 0 saturated carbocycles. The Morgan fingerprint density at radius 1 is 0.909 bits per heavy atom. The number of alkyl halides is 2. The van der Waals surface area contributed by atoms with Gasteiger partial charge in [0.05, 0.1) is 11.1 Å². The first kappa shape index (κ1) is 19.9. The summed E-state index contributed by atoms with van der Waals surface area (Å²) in [6.07, 6.45) is -0.0875. The molecule has 6 rings (SSSR count). The molecule has 7 nitrogen and oxygen atoms in total. The Bertz CT molecular complexity index is 1350. The zero-order valence-corrected chi connectivity index (χ0v) is 17.4. The van der Waals surface area contributed by atoms with Crippen molar-refractivity contribution in [3.8, 4) is 11.5 Å². The number of nitrogens with zero attached hydrogens (tertiary/aromatic N) is 1. The van der Waals surface area contributed by atoms with E-state index in [-0.39, 0.29) is 34.3 Å². The number of aromatic nitrogens is 1. The first-order chi connectivity index (χ1) is 15.9. The predicted octanol–water partition coefficient (Wildman–Crippen LogP) is 3.45. The third-order valence-corrected chi connectivity index (χ3v) is 6.34. The summed E-state index contributed by atoms with van der Waals surface area (Å²) >= 11 is 0. The van der Waals surface area contributed by atoms with Crippen molar-refractivity contribution in [3.05, 3.63) is 59.8 Å². The number of imide groups is 1. The lowest BCUT2D eigenvalue weighted by Crippen LogP contribution is -2.29. The van der Waals surface area contributed by atoms with E-state index in [4.69, 9.17) is 4.74 Å². The Hall–Kier alpha value is -3.72. The lowest BCUT2D eigenvalue weighted by Gasteiger charge is -2.25. The highest BCUT2D eigenvalue weighted by molar-refractivity contribution is 6.50. The van der Waals surface area contributed by atoms with Crippen molar-refractivity contribution in [2.75, 3.05) is 13.1 Å². The SMILES string of the molecule is O=C1NC(=O)C(c2cn(C3CCNCC3)c3ccccc23)=C1c1cccc2c1OC(F)(F)O2. The minimum atomic E-state index is -3.84. The second-order valence-electron chi connectivity index (χ2n) is 8.28. The molecule has 0 aliphatic carbocycles. The molecular weight excluding hydrogens is 432 g/mol. The third-order valence-electron chi connectivity index (χ3n) is 6.34. The van der Waals surface area contributed by atoms with Crippen LogP contribution in [-0.2, 0) is 9.59 Å². The molecule has 1 fully saturated rings. The molecule has 0 spiro atoms. The fourth-order valence-electron chi connectivity index (χ4n) is 4.93. The molecule has 4 heterocycles. The lowest BCUT2D eigenvalue weighted by molar-refractivity contribution is -0.286. The summed E-state index contributed by atoms with van der Waals surface area (Å²) in [6, 6.07) is 12.2. The van der Waals surface area contributed by atoms with Crippen molar-refractivity contribution < 1.29 is 27.8 Å². The molecule has 168 valence electrons. The molecule has 1 aromatic heterocycles. The standard InChI is InChI=1S/C24H19F2N3O4/c25-24(26)32-18-7-3-5-15(21(18)33-24)19-20(23(31)28-22(19)30)16-12-29(13-8-10-27-11-9-13)17-6-2-1-4-14(16)17/h1-7,12-13,27H,8-11H2,(H,28,30,31). The van der Waals surface area contributed by atoms with Gasteiger partial charge in [0.25, 0.3) is 11.8 Å². The number of rotatable bonds is 3. The van der Waals surface area contributed by atoms with Crippen molar-refractivity contribution in [1.82, 2.24) is 15.2 Å². The summed E-state index contributed by atoms with van der Waals surface area (Å²) < 4.78 is 39.0. The quantitative estimate of drug-likeness (QED) is 0.597. The van der Waals surface area contributed by atoms with E-state index in [1.54, 1.807) is 0 Å². The molecule has 33 heavy (non-hydrogen) atoms. The highest BCUT2D eigenvalue weighted by Gasteiger charge is 2.46. The van der Waals surface area contributed by atoms with E-state index >= 15 is 0 Å². The zero-order valence-electron chi connectivity index (χ0n) is 17.4. The number of piperidine rings is 1. The van der Waals surface area contributed by atoms with Crippen LogP contribution < -0.4 is 20.1 Å². The van der Waals surface area contributed by atoms with Crippen LogP contribution in [0, 0.1) is 0 Å². The van der Waals surface area contributed by atoms with Crippen LogP contribution in [0.2, 0.25) is 0 Å². The second-order valence-corrected chi connectivity index (χ2v) is 8.28. The minimum absolute atomic E-state index is 0.00800. The van der Waals surface area contributed by atoms with Gasteiger partial charge in [0, 0.05) is 34.3 Å². The summed E-state index contributed by atoms with van der Waals surface area (Å²) in [5.74, 6) is -1.69. The van der Waals surface area contributed by atoms with Crippen LogP contribution in [0.25, 0.3) is 22.0 Å². The largest absolute Gasteiger partial charge is 0.586 e. The summed E-state index contributed by atoms with van der Waals surface area (Å²) in [5.41, 5.74) is 1.73. The number of carbonyl (C=O) groups excluding carboxylic acids is 2. The van der Waals surface area contributed by atoms with E-state index in [0.717, 1.165) is 36.8 Å². The van der Waals surface area contributed by atoms with E-state index in [1.807, 2.05) is 30.5 Å². The molecule has 0 unspecified atom stereocenters. The van der Waals surface area contributed by atoms with Gasteiger partial charge in [0.15, 0.2) is 11.5 Å². The van der Waals surface area contributed by atoms with Gasteiger partial charge in [-0.25, -0.2) is 0 Å². The number of carbonyl (C=O) groups is 2. The van der Waals surface area contributed by atoms with E-state index in [2.05, 4.69) is 19.9 Å². The van der Waals surface area contributed by atoms with E-state index in [1.165, 1.54) is 18.2 Å². The van der Waals surface area contributed by atoms with Crippen LogP contribution in [0.1, 0.15) is 30.0 Å². The maximum atomic E-state index is 13.8. The van der Waals surface area contributed by atoms with Crippen LogP contribution in [0.3, 0.4) is 0 Å². The molecule has 2 aromatic carbocycles. The molecule has 1 saturated heterocycles. The molecule has 0 bridgehead atoms. The van der Waals surface area contributed by atoms with Crippen molar-refractivity contribution in [1.29, 1.82) is 0 Å². The van der Waals surface area contributed by atoms with Crippen LogP contribution in [0.5, 0.6) is 11.5 Å². The maximum absolute atomic E-state index is 13.8. The fourth-order valence-corrected chi connectivity index (χ4v) is 4.93. The molecule has 3 aromatic rings. The number of fused-ring (bicyclic) bond motifs is 2. The van der Waals surface area contributed by atoms with E-state index < -0.39 is 18.1 Å². The normalized spacial score (nSPS) is 20.1. The Morgan fingerprint density at radius 3 is 2.42 bits per heavy atom. The van der Waals surface area contributed by atoms with Gasteiger partial charge in [-0.1, -0.05) is 30.3 Å². The van der Waals surface area contributed by atoms with Crippen LogP contribution in [0.15, 0.2) is 48.7 Å².